The molecule has 0 aromatic carbocycles. The minimum absolute atomic E-state index is 0.0241. The predicted octanol–water partition coefficient (Wildman–Crippen LogP) is -0.778. The maximum absolute atomic E-state index is 11.3. The van der Waals surface area contributed by atoms with Crippen LogP contribution in [0.15, 0.2) is 0 Å². The van der Waals surface area contributed by atoms with Crippen LogP contribution in [0.2, 0.25) is 0 Å². The van der Waals surface area contributed by atoms with Gasteiger partial charge in [-0.25, -0.2) is 0 Å². The quantitative estimate of drug-likeness (QED) is 0.527. The van der Waals surface area contributed by atoms with Gasteiger partial charge in [0.05, 0.1) is 12.6 Å². The fourth-order valence-corrected chi connectivity index (χ4v) is 0.804. The van der Waals surface area contributed by atoms with Crippen molar-refractivity contribution in [2.24, 2.45) is 11.7 Å². The van der Waals surface area contributed by atoms with Crippen LogP contribution in [0.1, 0.15) is 20.8 Å². The van der Waals surface area contributed by atoms with E-state index < -0.39 is 5.91 Å². The summed E-state index contributed by atoms with van der Waals surface area (Å²) >= 11 is 0. The van der Waals surface area contributed by atoms with Crippen LogP contribution in [0.25, 0.3) is 0 Å². The molecule has 0 aliphatic rings. The number of hydrogen-bond acceptors (Lipinski definition) is 3. The first kappa shape index (κ1) is 12.9. The van der Waals surface area contributed by atoms with Gasteiger partial charge in [-0.1, -0.05) is 13.8 Å². The van der Waals surface area contributed by atoms with Gasteiger partial charge in [0.2, 0.25) is 11.8 Å². The maximum Gasteiger partial charge on any atom is 0.236 e. The monoisotopic (exact) mass is 201 g/mol. The van der Waals surface area contributed by atoms with E-state index in [-0.39, 0.29) is 18.5 Å². The molecule has 1 atom stereocenters. The van der Waals surface area contributed by atoms with Gasteiger partial charge in [-0.3, -0.25) is 14.9 Å². The Morgan fingerprint density at radius 1 is 1.29 bits per heavy atom. The molecule has 0 aliphatic carbocycles. The molecule has 82 valence electrons. The molecule has 0 rings (SSSR count). The molecule has 14 heavy (non-hydrogen) atoms. The predicted molar refractivity (Wildman–Crippen MR) is 54.5 cm³/mol. The first-order chi connectivity index (χ1) is 6.43. The minimum Gasteiger partial charge on any atom is -0.369 e. The summed E-state index contributed by atoms with van der Waals surface area (Å²) in [7, 11) is 0. The Kier molecular flexibility index (Phi) is 5.87. The van der Waals surface area contributed by atoms with Gasteiger partial charge in [0, 0.05) is 6.54 Å². The molecule has 0 spiro atoms. The van der Waals surface area contributed by atoms with Gasteiger partial charge in [0.25, 0.3) is 0 Å². The van der Waals surface area contributed by atoms with Crippen molar-refractivity contribution in [1.29, 1.82) is 0 Å². The molecular weight excluding hydrogens is 182 g/mol. The standard InChI is InChI=1S/C9H19N3O2/c1-6(2)4-12-9(14)7(3)11-5-8(10)13/h6-7,11H,4-5H2,1-3H3,(H2,10,13)(H,12,14). The van der Waals surface area contributed by atoms with E-state index >= 15 is 0 Å². The summed E-state index contributed by atoms with van der Waals surface area (Å²) in [5, 5.41) is 5.47. The zero-order valence-corrected chi connectivity index (χ0v) is 8.96. The maximum atomic E-state index is 11.3. The highest BCUT2D eigenvalue weighted by atomic mass is 16.2. The lowest BCUT2D eigenvalue weighted by Crippen LogP contribution is -2.45. The van der Waals surface area contributed by atoms with Gasteiger partial charge in [-0.15, -0.1) is 0 Å². The average molecular weight is 201 g/mol. The fourth-order valence-electron chi connectivity index (χ4n) is 0.804. The van der Waals surface area contributed by atoms with Crippen molar-refractivity contribution >= 4 is 11.8 Å². The SMILES string of the molecule is CC(C)CNC(=O)C(C)NCC(N)=O. The van der Waals surface area contributed by atoms with E-state index in [1.54, 1.807) is 6.92 Å². The molecule has 0 radical (unpaired) electrons. The molecule has 5 heteroatoms. The molecule has 5 nitrogen and oxygen atoms in total. The van der Waals surface area contributed by atoms with Crippen molar-refractivity contribution in [2.75, 3.05) is 13.1 Å². The Labute approximate surface area is 84.4 Å². The van der Waals surface area contributed by atoms with Crippen LogP contribution in [-0.2, 0) is 9.59 Å². The van der Waals surface area contributed by atoms with E-state index in [0.29, 0.717) is 12.5 Å². The lowest BCUT2D eigenvalue weighted by atomic mass is 10.2. The summed E-state index contributed by atoms with van der Waals surface area (Å²) in [6.07, 6.45) is 0. The Hall–Kier alpha value is -1.10. The van der Waals surface area contributed by atoms with Crippen LogP contribution in [0.4, 0.5) is 0 Å². The second-order valence-corrected chi connectivity index (χ2v) is 3.71. The van der Waals surface area contributed by atoms with Crippen molar-refractivity contribution in [3.05, 3.63) is 0 Å². The van der Waals surface area contributed by atoms with Gasteiger partial charge in [0.15, 0.2) is 0 Å². The first-order valence-corrected chi connectivity index (χ1v) is 4.73. The zero-order valence-electron chi connectivity index (χ0n) is 8.96. The van der Waals surface area contributed by atoms with Crippen LogP contribution in [0.5, 0.6) is 0 Å². The summed E-state index contributed by atoms with van der Waals surface area (Å²) in [6.45, 7) is 6.39. The molecular formula is C9H19N3O2. The normalized spacial score (nSPS) is 12.6. The first-order valence-electron chi connectivity index (χ1n) is 4.73. The van der Waals surface area contributed by atoms with Gasteiger partial charge >= 0.3 is 0 Å². The number of primary amides is 1. The Balaban J connectivity index is 3.70. The van der Waals surface area contributed by atoms with E-state index in [1.165, 1.54) is 0 Å². The molecule has 0 bridgehead atoms. The summed E-state index contributed by atoms with van der Waals surface area (Å²) < 4.78 is 0. The van der Waals surface area contributed by atoms with Crippen molar-refractivity contribution in [3.63, 3.8) is 0 Å². The molecule has 0 saturated carbocycles. The summed E-state index contributed by atoms with van der Waals surface area (Å²) in [4.78, 5) is 21.8. The van der Waals surface area contributed by atoms with Crippen molar-refractivity contribution < 1.29 is 9.59 Å². The second kappa shape index (κ2) is 6.37. The number of nitrogens with two attached hydrogens (primary N) is 1. The average Bonchev–Trinajstić information content (AvgIpc) is 2.09. The van der Waals surface area contributed by atoms with Crippen LogP contribution in [0, 0.1) is 5.92 Å². The van der Waals surface area contributed by atoms with Crippen LogP contribution in [-0.4, -0.2) is 30.9 Å². The smallest absolute Gasteiger partial charge is 0.236 e. The molecule has 2 amide bonds. The van der Waals surface area contributed by atoms with Crippen LogP contribution < -0.4 is 16.4 Å². The van der Waals surface area contributed by atoms with Crippen molar-refractivity contribution in [2.45, 2.75) is 26.8 Å². The highest BCUT2D eigenvalue weighted by molar-refractivity contribution is 5.82. The Morgan fingerprint density at radius 2 is 1.86 bits per heavy atom. The van der Waals surface area contributed by atoms with E-state index in [4.69, 9.17) is 5.73 Å². The third-order valence-corrected chi connectivity index (χ3v) is 1.66. The summed E-state index contributed by atoms with van der Waals surface area (Å²) in [5.41, 5.74) is 4.93. The summed E-state index contributed by atoms with van der Waals surface area (Å²) in [5.74, 6) is -0.157. The number of carbonyl (C=O) groups is 2. The minimum atomic E-state index is -0.464. The fraction of sp³-hybridized carbons (Fsp3) is 0.778. The van der Waals surface area contributed by atoms with Crippen LogP contribution >= 0.6 is 0 Å². The van der Waals surface area contributed by atoms with Crippen LogP contribution in [0.3, 0.4) is 0 Å². The van der Waals surface area contributed by atoms with Crippen molar-refractivity contribution in [3.8, 4) is 0 Å². The number of amides is 2. The molecule has 1 unspecified atom stereocenters. The summed E-state index contributed by atoms with van der Waals surface area (Å²) in [6, 6.07) is -0.388. The van der Waals surface area contributed by atoms with Gasteiger partial charge in [0.1, 0.15) is 0 Å². The number of carbonyl (C=O) groups excluding carboxylic acids is 2. The van der Waals surface area contributed by atoms with E-state index in [1.807, 2.05) is 13.8 Å². The molecule has 0 aromatic rings. The van der Waals surface area contributed by atoms with Gasteiger partial charge in [-0.05, 0) is 12.8 Å². The third-order valence-electron chi connectivity index (χ3n) is 1.66. The lowest BCUT2D eigenvalue weighted by Gasteiger charge is -2.13. The van der Waals surface area contributed by atoms with E-state index in [2.05, 4.69) is 10.6 Å². The second-order valence-electron chi connectivity index (χ2n) is 3.71. The highest BCUT2D eigenvalue weighted by Crippen LogP contribution is 1.88. The van der Waals surface area contributed by atoms with E-state index in [0.717, 1.165) is 0 Å². The number of hydrogen-bond donors (Lipinski definition) is 3. The zero-order chi connectivity index (χ0) is 11.1. The Bertz CT molecular complexity index is 204. The molecule has 0 heterocycles. The van der Waals surface area contributed by atoms with Gasteiger partial charge in [-0.2, -0.15) is 0 Å². The largest absolute Gasteiger partial charge is 0.369 e. The highest BCUT2D eigenvalue weighted by Gasteiger charge is 2.12. The van der Waals surface area contributed by atoms with Gasteiger partial charge < -0.3 is 11.1 Å². The number of nitrogens with one attached hydrogen (secondary N) is 2. The molecule has 0 aliphatic heterocycles. The third kappa shape index (κ3) is 6.42. The topological polar surface area (TPSA) is 84.2 Å². The van der Waals surface area contributed by atoms with Crippen molar-refractivity contribution in [1.82, 2.24) is 10.6 Å². The van der Waals surface area contributed by atoms with E-state index in [9.17, 15) is 9.59 Å². The molecule has 0 fully saturated rings. The Morgan fingerprint density at radius 3 is 2.29 bits per heavy atom. The molecule has 0 saturated heterocycles. The molecule has 0 aromatic heterocycles. The lowest BCUT2D eigenvalue weighted by molar-refractivity contribution is -0.123. The number of rotatable bonds is 6. The molecule has 4 N–H and O–H groups in total.